The topological polar surface area (TPSA) is 103 Å². The van der Waals surface area contributed by atoms with Crippen molar-refractivity contribution in [2.75, 3.05) is 12.9 Å². The van der Waals surface area contributed by atoms with Gasteiger partial charge in [-0.2, -0.15) is 0 Å². The molecule has 1 heterocycles. The Morgan fingerprint density at radius 1 is 1.06 bits per heavy atom. The molecule has 8 heteroatoms. The summed E-state index contributed by atoms with van der Waals surface area (Å²) in [5.41, 5.74) is 3.70. The number of ether oxygens (including phenoxy) is 1. The highest BCUT2D eigenvalue weighted by atomic mass is 32.2. The number of aliphatic hydroxyl groups excluding tert-OH is 1. The van der Waals surface area contributed by atoms with Gasteiger partial charge in [0.05, 0.1) is 23.8 Å². The van der Waals surface area contributed by atoms with Crippen LogP contribution in [0.3, 0.4) is 0 Å². The van der Waals surface area contributed by atoms with Crippen LogP contribution in [-0.2, 0) is 16.6 Å². The summed E-state index contributed by atoms with van der Waals surface area (Å²) in [6.45, 7) is 2.38. The Bertz CT molecular complexity index is 1130. The Balaban J connectivity index is 2.15. The van der Waals surface area contributed by atoms with E-state index in [9.17, 15) is 13.5 Å². The molecule has 31 heavy (non-hydrogen) atoms. The molecular formula is C23H26N2O4S2. The van der Waals surface area contributed by atoms with Gasteiger partial charge in [-0.15, -0.1) is 11.8 Å². The number of benzene rings is 2. The molecule has 0 saturated carbocycles. The maximum absolute atomic E-state index is 11.6. The van der Waals surface area contributed by atoms with Crippen molar-refractivity contribution >= 4 is 21.8 Å². The minimum absolute atomic E-state index is 0.0389. The molecule has 164 valence electrons. The third-order valence-corrected chi connectivity index (χ3v) is 6.50. The predicted molar refractivity (Wildman–Crippen MR) is 125 cm³/mol. The minimum atomic E-state index is -3.78. The number of primary sulfonamides is 1. The van der Waals surface area contributed by atoms with Crippen LogP contribution in [0.1, 0.15) is 25.3 Å². The van der Waals surface area contributed by atoms with Gasteiger partial charge in [0.15, 0.2) is 0 Å². The molecule has 0 radical (unpaired) electrons. The summed E-state index contributed by atoms with van der Waals surface area (Å²) in [5, 5.41) is 15.1. The lowest BCUT2D eigenvalue weighted by Crippen LogP contribution is -2.11. The van der Waals surface area contributed by atoms with Gasteiger partial charge in [0.25, 0.3) is 0 Å². The molecule has 0 aliphatic rings. The molecule has 1 aromatic heterocycles. The zero-order valence-corrected chi connectivity index (χ0v) is 19.2. The van der Waals surface area contributed by atoms with Gasteiger partial charge < -0.3 is 9.84 Å². The number of sulfonamides is 1. The quantitative estimate of drug-likeness (QED) is 0.363. The van der Waals surface area contributed by atoms with E-state index in [1.54, 1.807) is 23.9 Å². The lowest BCUT2D eigenvalue weighted by Gasteiger charge is -2.16. The SMILES string of the molecule is CCCCOc1nc(-c2ccc(SC)cc2)c(-c2ccc(S(N)(=O)=O)cc2)cc1CO. The smallest absolute Gasteiger partial charge is 0.238 e. The van der Waals surface area contributed by atoms with Crippen molar-refractivity contribution in [3.8, 4) is 28.3 Å². The number of thioether (sulfide) groups is 1. The maximum Gasteiger partial charge on any atom is 0.238 e. The van der Waals surface area contributed by atoms with Crippen molar-refractivity contribution in [2.45, 2.75) is 36.2 Å². The molecule has 0 spiro atoms. The molecule has 0 atom stereocenters. The van der Waals surface area contributed by atoms with E-state index < -0.39 is 10.0 Å². The fourth-order valence-corrected chi connectivity index (χ4v) is 4.03. The first-order valence-electron chi connectivity index (χ1n) is 9.92. The van der Waals surface area contributed by atoms with Crippen molar-refractivity contribution in [1.82, 2.24) is 4.98 Å². The zero-order chi connectivity index (χ0) is 22.4. The average Bonchev–Trinajstić information content (AvgIpc) is 2.78. The molecule has 3 N–H and O–H groups in total. The first kappa shape index (κ1) is 23.3. The molecule has 0 aliphatic heterocycles. The Morgan fingerprint density at radius 2 is 1.71 bits per heavy atom. The molecule has 3 rings (SSSR count). The Morgan fingerprint density at radius 3 is 2.26 bits per heavy atom. The fourth-order valence-electron chi connectivity index (χ4n) is 3.10. The first-order chi connectivity index (χ1) is 14.9. The zero-order valence-electron chi connectivity index (χ0n) is 17.5. The third kappa shape index (κ3) is 5.65. The standard InChI is InChI=1S/C23H26N2O4S2/c1-3-4-13-29-23-18(15-26)14-21(16-7-11-20(12-8-16)31(24,27)28)22(25-23)17-5-9-19(30-2)10-6-17/h5-12,14,26H,3-4,13,15H2,1-2H3,(H2,24,27,28). The van der Waals surface area contributed by atoms with Crippen molar-refractivity contribution in [2.24, 2.45) is 5.14 Å². The van der Waals surface area contributed by atoms with Crippen LogP contribution in [0.4, 0.5) is 0 Å². The minimum Gasteiger partial charge on any atom is -0.477 e. The van der Waals surface area contributed by atoms with Crippen LogP contribution in [0.2, 0.25) is 0 Å². The Labute approximate surface area is 187 Å². The van der Waals surface area contributed by atoms with E-state index in [0.29, 0.717) is 23.7 Å². The van der Waals surface area contributed by atoms with Gasteiger partial charge in [-0.05, 0) is 48.6 Å². The number of aromatic nitrogens is 1. The number of nitrogens with zero attached hydrogens (tertiary/aromatic N) is 1. The molecule has 0 saturated heterocycles. The fraction of sp³-hybridized carbons (Fsp3) is 0.261. The van der Waals surface area contributed by atoms with Crippen molar-refractivity contribution < 1.29 is 18.3 Å². The normalized spacial score (nSPS) is 11.5. The summed E-state index contributed by atoms with van der Waals surface area (Å²) in [4.78, 5) is 5.93. The van der Waals surface area contributed by atoms with E-state index in [2.05, 4.69) is 6.92 Å². The van der Waals surface area contributed by atoms with E-state index in [1.807, 2.05) is 36.6 Å². The van der Waals surface area contributed by atoms with Crippen LogP contribution in [0.15, 0.2) is 64.4 Å². The van der Waals surface area contributed by atoms with Gasteiger partial charge in [0, 0.05) is 21.6 Å². The number of hydrogen-bond donors (Lipinski definition) is 2. The number of nitrogens with two attached hydrogens (primary N) is 1. The molecule has 0 fully saturated rings. The summed E-state index contributed by atoms with van der Waals surface area (Å²) in [6.07, 6.45) is 3.90. The van der Waals surface area contributed by atoms with Crippen molar-refractivity contribution in [3.63, 3.8) is 0 Å². The first-order valence-corrected chi connectivity index (χ1v) is 12.7. The highest BCUT2D eigenvalue weighted by Crippen LogP contribution is 2.36. The lowest BCUT2D eigenvalue weighted by atomic mass is 9.97. The second kappa shape index (κ2) is 10.3. The van der Waals surface area contributed by atoms with Crippen LogP contribution >= 0.6 is 11.8 Å². The largest absolute Gasteiger partial charge is 0.477 e. The number of pyridine rings is 1. The summed E-state index contributed by atoms with van der Waals surface area (Å²) in [7, 11) is -3.78. The van der Waals surface area contributed by atoms with E-state index in [0.717, 1.165) is 34.4 Å². The third-order valence-electron chi connectivity index (χ3n) is 4.83. The summed E-state index contributed by atoms with van der Waals surface area (Å²) in [6, 6.07) is 16.2. The van der Waals surface area contributed by atoms with Gasteiger partial charge in [0.2, 0.25) is 15.9 Å². The van der Waals surface area contributed by atoms with Gasteiger partial charge in [0.1, 0.15) is 0 Å². The molecule has 0 unspecified atom stereocenters. The van der Waals surface area contributed by atoms with Gasteiger partial charge in [-0.25, -0.2) is 18.5 Å². The van der Waals surface area contributed by atoms with E-state index in [-0.39, 0.29) is 11.5 Å². The highest BCUT2D eigenvalue weighted by molar-refractivity contribution is 7.98. The molecule has 2 aromatic carbocycles. The summed E-state index contributed by atoms with van der Waals surface area (Å²) >= 11 is 1.65. The van der Waals surface area contributed by atoms with Crippen LogP contribution in [0.25, 0.3) is 22.4 Å². The molecule has 3 aromatic rings. The summed E-state index contributed by atoms with van der Waals surface area (Å²) < 4.78 is 29.1. The predicted octanol–water partition coefficient (Wildman–Crippen LogP) is 4.46. The van der Waals surface area contributed by atoms with Crippen LogP contribution in [-0.4, -0.2) is 31.4 Å². The molecular weight excluding hydrogens is 432 g/mol. The summed E-state index contributed by atoms with van der Waals surface area (Å²) in [5.74, 6) is 0.407. The van der Waals surface area contributed by atoms with E-state index >= 15 is 0 Å². The maximum atomic E-state index is 11.6. The number of aliphatic hydroxyl groups is 1. The number of unbranched alkanes of at least 4 members (excludes halogenated alkanes) is 1. The Hall–Kier alpha value is -2.39. The highest BCUT2D eigenvalue weighted by Gasteiger charge is 2.17. The number of rotatable bonds is 9. The van der Waals surface area contributed by atoms with E-state index in [1.165, 1.54) is 12.1 Å². The van der Waals surface area contributed by atoms with Crippen molar-refractivity contribution in [1.29, 1.82) is 0 Å². The second-order valence-electron chi connectivity index (χ2n) is 7.01. The average molecular weight is 459 g/mol. The van der Waals surface area contributed by atoms with Gasteiger partial charge in [-0.1, -0.05) is 37.6 Å². The van der Waals surface area contributed by atoms with Crippen molar-refractivity contribution in [3.05, 3.63) is 60.2 Å². The van der Waals surface area contributed by atoms with Crippen LogP contribution in [0.5, 0.6) is 5.88 Å². The lowest BCUT2D eigenvalue weighted by molar-refractivity contribution is 0.255. The Kier molecular flexibility index (Phi) is 7.72. The molecule has 0 bridgehead atoms. The van der Waals surface area contributed by atoms with E-state index in [4.69, 9.17) is 14.9 Å². The van der Waals surface area contributed by atoms with Crippen LogP contribution in [0, 0.1) is 0 Å². The molecule has 0 aliphatic carbocycles. The van der Waals surface area contributed by atoms with Gasteiger partial charge >= 0.3 is 0 Å². The molecule has 0 amide bonds. The molecule has 6 nitrogen and oxygen atoms in total. The van der Waals surface area contributed by atoms with Crippen LogP contribution < -0.4 is 9.88 Å². The second-order valence-corrected chi connectivity index (χ2v) is 9.45. The number of hydrogen-bond acceptors (Lipinski definition) is 6. The monoisotopic (exact) mass is 458 g/mol. The van der Waals surface area contributed by atoms with Gasteiger partial charge in [-0.3, -0.25) is 0 Å².